The quantitative estimate of drug-likeness (QED) is 0.0706. The van der Waals surface area contributed by atoms with E-state index in [9.17, 15) is 0 Å². The Labute approximate surface area is 274 Å². The lowest BCUT2D eigenvalue weighted by Gasteiger charge is -2.06. The molecular weight excluding hydrogens is 526 g/mol. The fraction of sp³-hybridized carbons (Fsp3) is 1.00. The van der Waals surface area contributed by atoms with Gasteiger partial charge in [0, 0.05) is 26.4 Å². The topological polar surface area (TPSA) is 44.5 Å². The van der Waals surface area contributed by atoms with Crippen molar-refractivity contribution in [2.45, 2.75) is 226 Å². The van der Waals surface area contributed by atoms with Crippen LogP contribution in [0.3, 0.4) is 0 Å². The van der Waals surface area contributed by atoms with Crippen LogP contribution in [0.25, 0.3) is 0 Å². The van der Waals surface area contributed by atoms with Gasteiger partial charge in [-0.1, -0.05) is 206 Å². The van der Waals surface area contributed by atoms with Crippen molar-refractivity contribution >= 4 is 0 Å². The van der Waals surface area contributed by atoms with E-state index in [0.29, 0.717) is 0 Å². The Morgan fingerprint density at radius 2 is 0.395 bits per heavy atom. The maximum atomic E-state index is 5.81. The lowest BCUT2D eigenvalue weighted by Crippen LogP contribution is -2.03. The maximum absolute atomic E-state index is 5.81. The summed E-state index contributed by atoms with van der Waals surface area (Å²) in [4.78, 5) is 0. The van der Waals surface area contributed by atoms with Crippen molar-refractivity contribution in [1.29, 1.82) is 0 Å². The van der Waals surface area contributed by atoms with E-state index in [1.165, 1.54) is 213 Å². The van der Waals surface area contributed by atoms with E-state index in [1.54, 1.807) is 0 Å². The molecule has 0 heterocycles. The number of rotatable bonds is 38. The molecular formula is C40H85NO2. The van der Waals surface area contributed by atoms with Gasteiger partial charge in [-0.15, -0.1) is 0 Å². The standard InChI is InChI=1S/C39H80O2.CH5N/c1-3-5-7-9-11-13-15-17-19-21-23-25-27-29-31-33-36-40-38-35-39-41-37-34-32-30-28-26-24-22-20-18-16-14-12-10-8-6-4-2;1-2/h3-39H2,1-2H3;2H2,1H3. The van der Waals surface area contributed by atoms with Crippen molar-refractivity contribution in [3.05, 3.63) is 0 Å². The summed E-state index contributed by atoms with van der Waals surface area (Å²) in [7, 11) is 1.50. The minimum Gasteiger partial charge on any atom is -0.381 e. The van der Waals surface area contributed by atoms with Gasteiger partial charge in [-0.3, -0.25) is 0 Å². The van der Waals surface area contributed by atoms with Crippen LogP contribution in [0.5, 0.6) is 0 Å². The van der Waals surface area contributed by atoms with Gasteiger partial charge in [-0.25, -0.2) is 0 Å². The van der Waals surface area contributed by atoms with Crippen LogP contribution in [-0.2, 0) is 9.47 Å². The van der Waals surface area contributed by atoms with E-state index >= 15 is 0 Å². The summed E-state index contributed by atoms with van der Waals surface area (Å²) in [5.41, 5.74) is 4.50. The van der Waals surface area contributed by atoms with E-state index < -0.39 is 0 Å². The van der Waals surface area contributed by atoms with Crippen LogP contribution in [-0.4, -0.2) is 33.5 Å². The maximum Gasteiger partial charge on any atom is 0.0487 e. The zero-order valence-corrected chi connectivity index (χ0v) is 30.6. The van der Waals surface area contributed by atoms with E-state index in [2.05, 4.69) is 19.6 Å². The molecule has 262 valence electrons. The molecule has 0 radical (unpaired) electrons. The summed E-state index contributed by atoms with van der Waals surface area (Å²) in [6.45, 7) is 8.23. The molecule has 0 spiro atoms. The highest BCUT2D eigenvalue weighted by Crippen LogP contribution is 2.15. The summed E-state index contributed by atoms with van der Waals surface area (Å²) in [5.74, 6) is 0. The van der Waals surface area contributed by atoms with Crippen LogP contribution in [0.2, 0.25) is 0 Å². The number of hydrogen-bond acceptors (Lipinski definition) is 3. The van der Waals surface area contributed by atoms with Crippen LogP contribution in [0, 0.1) is 0 Å². The van der Waals surface area contributed by atoms with E-state index in [1.807, 2.05) is 0 Å². The normalized spacial score (nSPS) is 11.2. The zero-order valence-electron chi connectivity index (χ0n) is 30.6. The van der Waals surface area contributed by atoms with Gasteiger partial charge in [-0.05, 0) is 26.3 Å². The highest BCUT2D eigenvalue weighted by Gasteiger charge is 1.97. The van der Waals surface area contributed by atoms with Gasteiger partial charge in [0.2, 0.25) is 0 Å². The molecule has 0 aliphatic carbocycles. The summed E-state index contributed by atoms with van der Waals surface area (Å²) in [6.07, 6.45) is 46.6. The third kappa shape index (κ3) is 46.4. The molecule has 0 aliphatic heterocycles. The van der Waals surface area contributed by atoms with Gasteiger partial charge in [0.15, 0.2) is 0 Å². The predicted octanol–water partition coefficient (Wildman–Crippen LogP) is 13.5. The molecule has 0 bridgehead atoms. The lowest BCUT2D eigenvalue weighted by molar-refractivity contribution is 0.0794. The minimum absolute atomic E-state index is 0.873. The second kappa shape index (κ2) is 46.3. The first-order valence-corrected chi connectivity index (χ1v) is 20.1. The van der Waals surface area contributed by atoms with Gasteiger partial charge in [0.25, 0.3) is 0 Å². The summed E-state index contributed by atoms with van der Waals surface area (Å²) in [5, 5.41) is 0. The molecule has 2 N–H and O–H groups in total. The van der Waals surface area contributed by atoms with Gasteiger partial charge >= 0.3 is 0 Å². The molecule has 3 heteroatoms. The Kier molecular flexibility index (Phi) is 48.5. The van der Waals surface area contributed by atoms with Crippen LogP contribution in [0.15, 0.2) is 0 Å². The second-order valence-electron chi connectivity index (χ2n) is 13.2. The van der Waals surface area contributed by atoms with E-state index in [-0.39, 0.29) is 0 Å². The summed E-state index contributed by atoms with van der Waals surface area (Å²) >= 11 is 0. The molecule has 0 fully saturated rings. The SMILES string of the molecule is CCCCCCCCCCCCCCCCCCOCCCOCCCCCCCCCCCCCCCCCC.CN. The van der Waals surface area contributed by atoms with Crippen molar-refractivity contribution in [1.82, 2.24) is 0 Å². The van der Waals surface area contributed by atoms with Crippen LogP contribution >= 0.6 is 0 Å². The monoisotopic (exact) mass is 612 g/mol. The Morgan fingerprint density at radius 1 is 0.233 bits per heavy atom. The third-order valence-corrected chi connectivity index (χ3v) is 8.86. The van der Waals surface area contributed by atoms with Crippen LogP contribution in [0.1, 0.15) is 226 Å². The molecule has 0 atom stereocenters. The molecule has 0 saturated heterocycles. The van der Waals surface area contributed by atoms with Crippen molar-refractivity contribution in [2.24, 2.45) is 5.73 Å². The molecule has 0 aromatic heterocycles. The minimum atomic E-state index is 0.873. The average molecular weight is 612 g/mol. The highest BCUT2D eigenvalue weighted by molar-refractivity contribution is 4.52. The number of hydrogen-bond donors (Lipinski definition) is 1. The third-order valence-electron chi connectivity index (χ3n) is 8.86. The predicted molar refractivity (Wildman–Crippen MR) is 195 cm³/mol. The molecule has 3 nitrogen and oxygen atoms in total. The van der Waals surface area contributed by atoms with Gasteiger partial charge in [0.05, 0.1) is 0 Å². The van der Waals surface area contributed by atoms with Crippen molar-refractivity contribution in [2.75, 3.05) is 33.5 Å². The Bertz CT molecular complexity index is 393. The largest absolute Gasteiger partial charge is 0.381 e. The Hall–Kier alpha value is -0.120. The van der Waals surface area contributed by atoms with Crippen LogP contribution in [0.4, 0.5) is 0 Å². The first-order chi connectivity index (χ1) is 21.4. The second-order valence-corrected chi connectivity index (χ2v) is 13.2. The van der Waals surface area contributed by atoms with Crippen LogP contribution < -0.4 is 5.73 Å². The molecule has 0 aromatic rings. The number of unbranched alkanes of at least 4 members (excludes halogenated alkanes) is 30. The summed E-state index contributed by atoms with van der Waals surface area (Å²) in [6, 6.07) is 0. The smallest absolute Gasteiger partial charge is 0.0487 e. The molecule has 0 saturated carbocycles. The molecule has 0 amide bonds. The van der Waals surface area contributed by atoms with Gasteiger partial charge in [-0.2, -0.15) is 0 Å². The first kappa shape index (κ1) is 45.0. The van der Waals surface area contributed by atoms with E-state index in [4.69, 9.17) is 9.47 Å². The lowest BCUT2D eigenvalue weighted by atomic mass is 10.0. The molecule has 43 heavy (non-hydrogen) atoms. The average Bonchev–Trinajstić information content (AvgIpc) is 3.03. The van der Waals surface area contributed by atoms with Crippen molar-refractivity contribution in [3.8, 4) is 0 Å². The molecule has 0 rings (SSSR count). The van der Waals surface area contributed by atoms with Crippen molar-refractivity contribution in [3.63, 3.8) is 0 Å². The van der Waals surface area contributed by atoms with E-state index in [0.717, 1.165) is 32.8 Å². The molecule has 0 unspecified atom stereocenters. The summed E-state index contributed by atoms with van der Waals surface area (Å²) < 4.78 is 11.6. The fourth-order valence-electron chi connectivity index (χ4n) is 5.97. The first-order valence-electron chi connectivity index (χ1n) is 20.1. The fourth-order valence-corrected chi connectivity index (χ4v) is 5.97. The number of nitrogens with two attached hydrogens (primary N) is 1. The van der Waals surface area contributed by atoms with Gasteiger partial charge < -0.3 is 15.2 Å². The Morgan fingerprint density at radius 3 is 0.605 bits per heavy atom. The van der Waals surface area contributed by atoms with Gasteiger partial charge in [0.1, 0.15) is 0 Å². The molecule has 0 aliphatic rings. The number of ether oxygens (including phenoxy) is 2. The van der Waals surface area contributed by atoms with Crippen molar-refractivity contribution < 1.29 is 9.47 Å². The zero-order chi connectivity index (χ0) is 31.6. The molecule has 0 aromatic carbocycles. The Balaban J connectivity index is 0. The highest BCUT2D eigenvalue weighted by atomic mass is 16.5.